The molecule has 1 aliphatic rings. The van der Waals surface area contributed by atoms with Gasteiger partial charge in [0.2, 0.25) is 0 Å². The van der Waals surface area contributed by atoms with E-state index in [1.807, 2.05) is 6.07 Å². The van der Waals surface area contributed by atoms with Crippen molar-refractivity contribution in [3.05, 3.63) is 42.5 Å². The molecule has 0 fully saturated rings. The van der Waals surface area contributed by atoms with Crippen LogP contribution in [-0.2, 0) is 4.79 Å². The lowest BCUT2D eigenvalue weighted by molar-refractivity contribution is -0.122. The fourth-order valence-corrected chi connectivity index (χ4v) is 2.32. The second-order valence-electron chi connectivity index (χ2n) is 5.24. The summed E-state index contributed by atoms with van der Waals surface area (Å²) < 4.78 is 10.7. The number of rotatable bonds is 3. The van der Waals surface area contributed by atoms with Crippen molar-refractivity contribution >= 4 is 29.0 Å². The molecule has 2 aromatic carbocycles. The first kappa shape index (κ1) is 15.7. The van der Waals surface area contributed by atoms with E-state index in [1.54, 1.807) is 43.3 Å². The molecule has 0 saturated carbocycles. The third-order valence-electron chi connectivity index (χ3n) is 3.52. The highest BCUT2D eigenvalue weighted by molar-refractivity contribution is 6.02. The van der Waals surface area contributed by atoms with Crippen molar-refractivity contribution in [2.75, 3.05) is 23.1 Å². The summed E-state index contributed by atoms with van der Waals surface area (Å²) in [5.41, 5.74) is 1.61. The van der Waals surface area contributed by atoms with Crippen molar-refractivity contribution < 1.29 is 19.1 Å². The van der Waals surface area contributed by atoms with E-state index in [1.165, 1.54) is 7.11 Å². The van der Waals surface area contributed by atoms with Gasteiger partial charge in [0.05, 0.1) is 18.5 Å². The van der Waals surface area contributed by atoms with Gasteiger partial charge in [-0.3, -0.25) is 4.79 Å². The van der Waals surface area contributed by atoms with Gasteiger partial charge in [0, 0.05) is 5.69 Å². The summed E-state index contributed by atoms with van der Waals surface area (Å²) in [5, 5.41) is 8.15. The van der Waals surface area contributed by atoms with E-state index >= 15 is 0 Å². The van der Waals surface area contributed by atoms with Crippen LogP contribution >= 0.6 is 0 Å². The number of anilines is 3. The number of amides is 3. The van der Waals surface area contributed by atoms with Gasteiger partial charge < -0.3 is 25.4 Å². The average Bonchev–Trinajstić information content (AvgIpc) is 2.56. The van der Waals surface area contributed by atoms with E-state index < -0.39 is 12.1 Å². The zero-order valence-corrected chi connectivity index (χ0v) is 13.3. The number of urea groups is 1. The Labute approximate surface area is 139 Å². The van der Waals surface area contributed by atoms with Crippen molar-refractivity contribution in [2.24, 2.45) is 0 Å². The van der Waals surface area contributed by atoms with E-state index in [0.717, 1.165) is 0 Å². The first-order chi connectivity index (χ1) is 11.6. The minimum Gasteiger partial charge on any atom is -0.495 e. The van der Waals surface area contributed by atoms with Crippen molar-refractivity contribution in [2.45, 2.75) is 13.0 Å². The molecule has 7 heteroatoms. The SMILES string of the molecule is COc1ccccc1NC(=O)Nc1ccc2c(c1)NC(=O)C(C)O2. The zero-order chi connectivity index (χ0) is 17.1. The number of carbonyl (C=O) groups is 2. The van der Waals surface area contributed by atoms with Crippen LogP contribution in [-0.4, -0.2) is 25.2 Å². The molecule has 3 N–H and O–H groups in total. The summed E-state index contributed by atoms with van der Waals surface area (Å²) in [7, 11) is 1.53. The summed E-state index contributed by atoms with van der Waals surface area (Å²) >= 11 is 0. The van der Waals surface area contributed by atoms with Gasteiger partial charge >= 0.3 is 6.03 Å². The van der Waals surface area contributed by atoms with Crippen LogP contribution < -0.4 is 25.4 Å². The Hall–Kier alpha value is -3.22. The first-order valence-corrected chi connectivity index (χ1v) is 7.39. The molecular weight excluding hydrogens is 310 g/mol. The summed E-state index contributed by atoms with van der Waals surface area (Å²) in [4.78, 5) is 23.8. The van der Waals surface area contributed by atoms with Gasteiger partial charge in [0.15, 0.2) is 6.10 Å². The highest BCUT2D eigenvalue weighted by atomic mass is 16.5. The fraction of sp³-hybridized carbons (Fsp3) is 0.176. The maximum absolute atomic E-state index is 12.1. The average molecular weight is 327 g/mol. The molecular formula is C17H17N3O4. The second kappa shape index (κ2) is 6.49. The highest BCUT2D eigenvalue weighted by Gasteiger charge is 2.23. The number of ether oxygens (including phenoxy) is 2. The van der Waals surface area contributed by atoms with Crippen LogP contribution in [0.3, 0.4) is 0 Å². The molecule has 3 amide bonds. The Morgan fingerprint density at radius 2 is 2.00 bits per heavy atom. The van der Waals surface area contributed by atoms with E-state index in [0.29, 0.717) is 28.6 Å². The van der Waals surface area contributed by atoms with Crippen molar-refractivity contribution in [3.8, 4) is 11.5 Å². The minimum atomic E-state index is -0.537. The summed E-state index contributed by atoms with van der Waals surface area (Å²) in [6.07, 6.45) is -0.537. The molecule has 0 aromatic heterocycles. The molecule has 0 radical (unpaired) electrons. The molecule has 1 heterocycles. The summed E-state index contributed by atoms with van der Waals surface area (Å²) in [5.74, 6) is 0.906. The number of benzene rings is 2. The molecule has 7 nitrogen and oxygen atoms in total. The maximum atomic E-state index is 12.1. The number of hydrogen-bond acceptors (Lipinski definition) is 4. The Kier molecular flexibility index (Phi) is 4.24. The largest absolute Gasteiger partial charge is 0.495 e. The number of hydrogen-bond donors (Lipinski definition) is 3. The molecule has 1 aliphatic heterocycles. The number of carbonyl (C=O) groups excluding carboxylic acids is 2. The molecule has 2 aromatic rings. The van der Waals surface area contributed by atoms with Crippen LogP contribution in [0, 0.1) is 0 Å². The fourth-order valence-electron chi connectivity index (χ4n) is 2.32. The van der Waals surface area contributed by atoms with Gasteiger partial charge in [-0.2, -0.15) is 0 Å². The molecule has 1 atom stereocenters. The molecule has 3 rings (SSSR count). The van der Waals surface area contributed by atoms with Gasteiger partial charge in [-0.25, -0.2) is 4.79 Å². The number of nitrogens with one attached hydrogen (secondary N) is 3. The summed E-state index contributed by atoms with van der Waals surface area (Å²) in [6.45, 7) is 1.67. The lowest BCUT2D eigenvalue weighted by Gasteiger charge is -2.23. The molecule has 0 spiro atoms. The Morgan fingerprint density at radius 1 is 1.21 bits per heavy atom. The van der Waals surface area contributed by atoms with Crippen molar-refractivity contribution in [1.29, 1.82) is 0 Å². The molecule has 1 unspecified atom stereocenters. The van der Waals surface area contributed by atoms with E-state index in [4.69, 9.17) is 9.47 Å². The van der Waals surface area contributed by atoms with Gasteiger partial charge in [0.1, 0.15) is 11.5 Å². The summed E-state index contributed by atoms with van der Waals surface area (Å²) in [6, 6.07) is 11.7. The molecule has 24 heavy (non-hydrogen) atoms. The monoisotopic (exact) mass is 327 g/mol. The normalized spacial score (nSPS) is 15.6. The van der Waals surface area contributed by atoms with Crippen LogP contribution in [0.4, 0.5) is 21.9 Å². The van der Waals surface area contributed by atoms with Crippen molar-refractivity contribution in [3.63, 3.8) is 0 Å². The van der Waals surface area contributed by atoms with Crippen LogP contribution in [0.1, 0.15) is 6.92 Å². The van der Waals surface area contributed by atoms with E-state index in [2.05, 4.69) is 16.0 Å². The predicted molar refractivity (Wildman–Crippen MR) is 90.8 cm³/mol. The second-order valence-corrected chi connectivity index (χ2v) is 5.24. The lowest BCUT2D eigenvalue weighted by atomic mass is 10.2. The third-order valence-corrected chi connectivity index (χ3v) is 3.52. The predicted octanol–water partition coefficient (Wildman–Crippen LogP) is 3.06. The Morgan fingerprint density at radius 3 is 2.79 bits per heavy atom. The van der Waals surface area contributed by atoms with Gasteiger partial charge in [-0.15, -0.1) is 0 Å². The van der Waals surface area contributed by atoms with Gasteiger partial charge in [-0.1, -0.05) is 12.1 Å². The lowest BCUT2D eigenvalue weighted by Crippen LogP contribution is -2.34. The third kappa shape index (κ3) is 3.24. The molecule has 0 bridgehead atoms. The van der Waals surface area contributed by atoms with Crippen LogP contribution in [0.15, 0.2) is 42.5 Å². The number of para-hydroxylation sites is 2. The van der Waals surface area contributed by atoms with E-state index in [-0.39, 0.29) is 5.91 Å². The topological polar surface area (TPSA) is 88.7 Å². The van der Waals surface area contributed by atoms with Crippen LogP contribution in [0.25, 0.3) is 0 Å². The molecule has 0 aliphatic carbocycles. The molecule has 124 valence electrons. The van der Waals surface area contributed by atoms with Crippen LogP contribution in [0.5, 0.6) is 11.5 Å². The maximum Gasteiger partial charge on any atom is 0.323 e. The smallest absolute Gasteiger partial charge is 0.323 e. The first-order valence-electron chi connectivity index (χ1n) is 7.39. The van der Waals surface area contributed by atoms with Gasteiger partial charge in [0.25, 0.3) is 5.91 Å². The molecule has 0 saturated heterocycles. The minimum absolute atomic E-state index is 0.224. The Bertz CT molecular complexity index is 791. The number of methoxy groups -OCH3 is 1. The zero-order valence-electron chi connectivity index (χ0n) is 13.3. The highest BCUT2D eigenvalue weighted by Crippen LogP contribution is 2.32. The van der Waals surface area contributed by atoms with Crippen LogP contribution in [0.2, 0.25) is 0 Å². The number of fused-ring (bicyclic) bond motifs is 1. The standard InChI is InChI=1S/C17H17N3O4/c1-10-16(21)19-13-9-11(7-8-15(13)24-10)18-17(22)20-12-5-3-4-6-14(12)23-2/h3-10H,1-2H3,(H,19,21)(H2,18,20,22). The van der Waals surface area contributed by atoms with Gasteiger partial charge in [-0.05, 0) is 37.3 Å². The Balaban J connectivity index is 1.71. The van der Waals surface area contributed by atoms with Crippen molar-refractivity contribution in [1.82, 2.24) is 0 Å². The van der Waals surface area contributed by atoms with E-state index in [9.17, 15) is 9.59 Å². The quantitative estimate of drug-likeness (QED) is 0.808.